The fourth-order valence-electron chi connectivity index (χ4n) is 15.4. The molecule has 12 rings (SSSR count). The molecular formula is C100H120O17. The summed E-state index contributed by atoms with van der Waals surface area (Å²) < 4.78 is 109. The van der Waals surface area contributed by atoms with E-state index in [1.165, 1.54) is 57.8 Å². The van der Waals surface area contributed by atoms with Crippen molar-refractivity contribution in [2.75, 3.05) is 19.8 Å². The Morgan fingerprint density at radius 3 is 0.906 bits per heavy atom. The molecule has 0 aromatic heterocycles. The van der Waals surface area contributed by atoms with Gasteiger partial charge in [0, 0.05) is 6.42 Å². The van der Waals surface area contributed by atoms with Crippen molar-refractivity contribution in [3.05, 3.63) is 336 Å². The first kappa shape index (κ1) is 87.9. The van der Waals surface area contributed by atoms with E-state index >= 15 is 0 Å². The monoisotopic (exact) mass is 1590 g/mol. The van der Waals surface area contributed by atoms with Crippen molar-refractivity contribution in [2.45, 2.75) is 254 Å². The van der Waals surface area contributed by atoms with Crippen LogP contribution in [0.5, 0.6) is 0 Å². The maximum atomic E-state index is 14.3. The number of unbranched alkanes of at least 4 members (excludes halogenated alkanes) is 12. The van der Waals surface area contributed by atoms with E-state index in [0.29, 0.717) is 6.42 Å². The van der Waals surface area contributed by atoms with Crippen LogP contribution in [0.15, 0.2) is 286 Å². The first-order chi connectivity index (χ1) is 57.8. The number of aliphatic hydroxyl groups is 1. The van der Waals surface area contributed by atoms with E-state index in [2.05, 4.69) is 13.5 Å². The van der Waals surface area contributed by atoms with Crippen molar-refractivity contribution in [3.8, 4) is 0 Å². The highest BCUT2D eigenvalue weighted by atomic mass is 16.8. The van der Waals surface area contributed by atoms with Gasteiger partial charge in [-0.15, -0.1) is 6.58 Å². The quantitative estimate of drug-likeness (QED) is 0.0216. The number of ether oxygens (including phenoxy) is 15. The predicted molar refractivity (Wildman–Crippen MR) is 451 cm³/mol. The molecule has 1 aliphatic carbocycles. The van der Waals surface area contributed by atoms with E-state index in [1.807, 2.05) is 273 Å². The molecule has 3 fully saturated rings. The van der Waals surface area contributed by atoms with Crippen LogP contribution in [0.1, 0.15) is 147 Å². The molecule has 2 heterocycles. The zero-order valence-electron chi connectivity index (χ0n) is 67.9. The van der Waals surface area contributed by atoms with Crippen LogP contribution in [0.2, 0.25) is 0 Å². The molecule has 1 saturated carbocycles. The Balaban J connectivity index is 0.946. The summed E-state index contributed by atoms with van der Waals surface area (Å²) in [7, 11) is 0. The van der Waals surface area contributed by atoms with Gasteiger partial charge in [0.15, 0.2) is 12.6 Å². The summed E-state index contributed by atoms with van der Waals surface area (Å²) in [5.74, 6) is -0.367. The van der Waals surface area contributed by atoms with Gasteiger partial charge in [-0.25, -0.2) is 0 Å². The summed E-state index contributed by atoms with van der Waals surface area (Å²) in [6.45, 7) is 7.25. The molecule has 2 aliphatic heterocycles. The van der Waals surface area contributed by atoms with Crippen molar-refractivity contribution in [1.29, 1.82) is 0 Å². The lowest BCUT2D eigenvalue weighted by Crippen LogP contribution is -2.71. The zero-order valence-corrected chi connectivity index (χ0v) is 67.9. The molecule has 2 saturated heterocycles. The van der Waals surface area contributed by atoms with Crippen LogP contribution in [0.4, 0.5) is 0 Å². The molecular weight excluding hydrogens is 1470 g/mol. The summed E-state index contributed by atoms with van der Waals surface area (Å²) in [6, 6.07) is 89.0. The SMILES string of the molecule is C=CCO[C@H]1[C@H](O[C@H]2O[C@H](COCc3ccccc3)[C@@H](OCc3ccccc3)[C@H](OCc3ccccc3)[C@@H]2OCc2ccccc2)[C@@H](OCc2ccccc2)[C@H](OCc2ccccc2)[C@@H](O)[C@H]1O[C@H]1O[C@H](COC(=O)CCCCCCCCCCCCCCC)[C@@H](OCc2ccccc2)[C@H](OCc2ccccc2)[C@@H]1OCc1ccccc1. The molecule has 0 unspecified atom stereocenters. The average molecular weight is 1590 g/mol. The van der Waals surface area contributed by atoms with E-state index < -0.39 is 98.0 Å². The van der Waals surface area contributed by atoms with Gasteiger partial charge in [0.05, 0.1) is 72.7 Å². The number of benzene rings is 9. The van der Waals surface area contributed by atoms with Crippen molar-refractivity contribution >= 4 is 5.97 Å². The number of esters is 1. The number of carbonyl (C=O) groups is 1. The Bertz CT molecular complexity index is 4110. The Hall–Kier alpha value is -8.41. The van der Waals surface area contributed by atoms with Gasteiger partial charge < -0.3 is 76.2 Å². The molecule has 16 atom stereocenters. The summed E-state index contributed by atoms with van der Waals surface area (Å²) >= 11 is 0. The summed E-state index contributed by atoms with van der Waals surface area (Å²) in [6.07, 6.45) is -1.60. The highest BCUT2D eigenvalue weighted by Gasteiger charge is 2.60. The minimum Gasteiger partial charge on any atom is -0.463 e. The van der Waals surface area contributed by atoms with Crippen LogP contribution in [0.3, 0.4) is 0 Å². The lowest BCUT2D eigenvalue weighted by molar-refractivity contribution is -0.380. The van der Waals surface area contributed by atoms with E-state index in [1.54, 1.807) is 6.08 Å². The van der Waals surface area contributed by atoms with Crippen molar-refractivity contribution in [1.82, 2.24) is 0 Å². The summed E-state index contributed by atoms with van der Waals surface area (Å²) in [5.41, 5.74) is 7.99. The van der Waals surface area contributed by atoms with E-state index in [9.17, 15) is 9.90 Å². The lowest BCUT2D eigenvalue weighted by atomic mass is 9.83. The second kappa shape index (κ2) is 49.9. The van der Waals surface area contributed by atoms with Gasteiger partial charge in [-0.05, 0) is 56.5 Å². The molecule has 0 bridgehead atoms. The van der Waals surface area contributed by atoms with Gasteiger partial charge in [-0.1, -0.05) is 363 Å². The molecule has 0 amide bonds. The van der Waals surface area contributed by atoms with Crippen LogP contribution in [-0.2, 0) is 135 Å². The normalized spacial score (nSPS) is 23.9. The molecule has 3 aliphatic rings. The van der Waals surface area contributed by atoms with Crippen molar-refractivity contribution in [3.63, 3.8) is 0 Å². The standard InChI is InChI=1S/C100H120O17/c1-3-5-6-7-8-9-10-11-12-13-14-15-43-62-86(101)105-74-85-89(107-66-77-48-29-18-30-49-77)93(110-69-80-54-35-21-36-55-80)97(112-71-82-58-39-23-40-59-82)99(115-85)116-91-87(102)90(108-67-78-50-31-19-32-51-78)94(111-70-81-56-37-22-38-57-81)96(95(91)104-63-4-2)117-100-98(113-72-83-60-41-24-42-61-83)92(109-68-79-52-33-20-34-53-79)88(106-65-76-46-27-17-28-47-76)84(114-100)73-103-64-75-44-25-16-26-45-75/h4,16-42,44-61,84-85,87-100,102H,2-3,5-15,43,62-74H2,1H3/t84-,85-,87-,88-,89-,90-,91-,92+,93+,94+,95-,96-,97+,98+,99-,100-/m1/s1. The fourth-order valence-corrected chi connectivity index (χ4v) is 15.4. The van der Waals surface area contributed by atoms with Crippen LogP contribution < -0.4 is 0 Å². The number of carbonyl (C=O) groups excluding carboxylic acids is 1. The number of rotatable bonds is 51. The van der Waals surface area contributed by atoms with Gasteiger partial charge in [0.2, 0.25) is 0 Å². The van der Waals surface area contributed by atoms with Gasteiger partial charge in [-0.3, -0.25) is 4.79 Å². The molecule has 17 heteroatoms. The second-order valence-corrected chi connectivity index (χ2v) is 30.6. The van der Waals surface area contributed by atoms with Gasteiger partial charge in [0.25, 0.3) is 0 Å². The largest absolute Gasteiger partial charge is 0.463 e. The lowest BCUT2D eigenvalue weighted by Gasteiger charge is -2.53. The first-order valence-corrected chi connectivity index (χ1v) is 42.4. The van der Waals surface area contributed by atoms with Crippen molar-refractivity contribution in [2.24, 2.45) is 0 Å². The molecule has 1 N–H and O–H groups in total. The third-order valence-corrected chi connectivity index (χ3v) is 21.7. The summed E-state index contributed by atoms with van der Waals surface area (Å²) in [5, 5.41) is 14.0. The number of aliphatic hydroxyl groups excluding tert-OH is 1. The summed E-state index contributed by atoms with van der Waals surface area (Å²) in [4.78, 5) is 14.3. The van der Waals surface area contributed by atoms with Gasteiger partial charge >= 0.3 is 5.97 Å². The Labute approximate surface area is 693 Å². The van der Waals surface area contributed by atoms with Crippen LogP contribution in [0, 0.1) is 0 Å². The molecule has 9 aromatic rings. The van der Waals surface area contributed by atoms with Gasteiger partial charge in [-0.2, -0.15) is 0 Å². The average Bonchev–Trinajstić information content (AvgIpc) is 0.750. The molecule has 0 radical (unpaired) electrons. The minimum absolute atomic E-state index is 0.0238. The second-order valence-electron chi connectivity index (χ2n) is 30.6. The van der Waals surface area contributed by atoms with E-state index in [4.69, 9.17) is 71.1 Å². The molecule has 17 nitrogen and oxygen atoms in total. The molecule has 9 aromatic carbocycles. The third kappa shape index (κ3) is 28.4. The highest BCUT2D eigenvalue weighted by Crippen LogP contribution is 2.41. The maximum Gasteiger partial charge on any atom is 0.305 e. The van der Waals surface area contributed by atoms with Crippen LogP contribution >= 0.6 is 0 Å². The molecule has 0 spiro atoms. The predicted octanol–water partition coefficient (Wildman–Crippen LogP) is 19.1. The molecule has 117 heavy (non-hydrogen) atoms. The minimum atomic E-state index is -1.59. The number of hydrogen-bond donors (Lipinski definition) is 1. The maximum absolute atomic E-state index is 14.3. The Morgan fingerprint density at radius 1 is 0.308 bits per heavy atom. The Kier molecular flexibility index (Phi) is 37.4. The third-order valence-electron chi connectivity index (χ3n) is 21.7. The first-order valence-electron chi connectivity index (χ1n) is 42.4. The number of hydrogen-bond acceptors (Lipinski definition) is 17. The van der Waals surface area contributed by atoms with Crippen LogP contribution in [0.25, 0.3) is 0 Å². The fraction of sp³-hybridized carbons (Fsp3) is 0.430. The Morgan fingerprint density at radius 2 is 0.573 bits per heavy atom. The highest BCUT2D eigenvalue weighted by molar-refractivity contribution is 5.69. The zero-order chi connectivity index (χ0) is 80.5. The topological polar surface area (TPSA) is 176 Å². The smallest absolute Gasteiger partial charge is 0.305 e. The molecule has 622 valence electrons. The van der Waals surface area contributed by atoms with Crippen molar-refractivity contribution < 1.29 is 81.0 Å². The van der Waals surface area contributed by atoms with Crippen LogP contribution in [-0.4, -0.2) is 129 Å². The van der Waals surface area contributed by atoms with E-state index in [-0.39, 0.29) is 91.7 Å². The van der Waals surface area contributed by atoms with Gasteiger partial charge in [0.1, 0.15) is 92.1 Å². The van der Waals surface area contributed by atoms with E-state index in [0.717, 1.165) is 69.3 Å².